The van der Waals surface area contributed by atoms with Crippen molar-refractivity contribution in [2.24, 2.45) is 4.99 Å². The number of fused-ring (bicyclic) bond motifs is 4. The second-order valence-corrected chi connectivity index (χ2v) is 8.36. The number of hydrogen-bond acceptors (Lipinski definition) is 6. The lowest BCUT2D eigenvalue weighted by molar-refractivity contribution is 0.00111. The number of amides is 1. The lowest BCUT2D eigenvalue weighted by Gasteiger charge is -2.26. The lowest BCUT2D eigenvalue weighted by atomic mass is 9.94. The molecule has 2 unspecified atom stereocenters. The van der Waals surface area contributed by atoms with Crippen molar-refractivity contribution in [2.75, 3.05) is 13.2 Å². The first-order valence-corrected chi connectivity index (χ1v) is 11.0. The molecule has 7 heteroatoms. The van der Waals surface area contributed by atoms with Crippen molar-refractivity contribution in [3.63, 3.8) is 0 Å². The van der Waals surface area contributed by atoms with Crippen molar-refractivity contribution in [3.05, 3.63) is 58.8 Å². The molecule has 7 nitrogen and oxygen atoms in total. The fourth-order valence-electron chi connectivity index (χ4n) is 4.41. The van der Waals surface area contributed by atoms with Gasteiger partial charge in [-0.15, -0.1) is 0 Å². The zero-order chi connectivity index (χ0) is 21.2. The van der Waals surface area contributed by atoms with E-state index in [9.17, 15) is 4.79 Å². The second kappa shape index (κ2) is 8.67. The summed E-state index contributed by atoms with van der Waals surface area (Å²) < 4.78 is 17.5. The molecule has 4 heterocycles. The number of nitrogens with zero attached hydrogens (tertiary/aromatic N) is 2. The maximum absolute atomic E-state index is 12.0. The van der Waals surface area contributed by atoms with Crippen LogP contribution in [0, 0.1) is 0 Å². The third kappa shape index (κ3) is 4.28. The van der Waals surface area contributed by atoms with E-state index in [2.05, 4.69) is 10.3 Å². The molecule has 3 atom stereocenters. The smallest absolute Gasteiger partial charge is 0.407 e. The number of aromatic nitrogens is 1. The van der Waals surface area contributed by atoms with Gasteiger partial charge in [0.2, 0.25) is 5.88 Å². The SMILES string of the molecule is C[C@@H]1CCNC(=O)OCc2cccc(c2)C2=NC(C3CCCCO3)c3cnc(cc32)O1. The molecule has 5 rings (SSSR count). The molecule has 1 aromatic heterocycles. The Morgan fingerprint density at radius 1 is 1.16 bits per heavy atom. The monoisotopic (exact) mass is 421 g/mol. The molecule has 0 aliphatic carbocycles. The predicted octanol–water partition coefficient (Wildman–Crippen LogP) is 3.94. The number of rotatable bonds is 1. The van der Waals surface area contributed by atoms with E-state index in [4.69, 9.17) is 19.2 Å². The number of ether oxygens (including phenoxy) is 3. The number of carbonyl (C=O) groups excluding carboxylic acids is 1. The highest BCUT2D eigenvalue weighted by molar-refractivity contribution is 6.15. The van der Waals surface area contributed by atoms with Gasteiger partial charge in [0, 0.05) is 48.5 Å². The maximum atomic E-state index is 12.0. The van der Waals surface area contributed by atoms with E-state index in [0.717, 1.165) is 53.8 Å². The summed E-state index contributed by atoms with van der Waals surface area (Å²) in [5.74, 6) is 0.567. The minimum absolute atomic E-state index is 0.0613. The first-order chi connectivity index (χ1) is 15.2. The molecule has 3 aliphatic heterocycles. The lowest BCUT2D eigenvalue weighted by Crippen LogP contribution is -2.28. The molecule has 1 aromatic carbocycles. The summed E-state index contributed by atoms with van der Waals surface area (Å²) in [5, 5.41) is 2.77. The Morgan fingerprint density at radius 3 is 2.97 bits per heavy atom. The topological polar surface area (TPSA) is 82.0 Å². The van der Waals surface area contributed by atoms with Crippen LogP contribution >= 0.6 is 0 Å². The Balaban J connectivity index is 1.56. The molecule has 0 spiro atoms. The van der Waals surface area contributed by atoms with Crippen LogP contribution in [0.15, 0.2) is 41.5 Å². The van der Waals surface area contributed by atoms with Crippen LogP contribution in [0.2, 0.25) is 0 Å². The van der Waals surface area contributed by atoms with Crippen LogP contribution in [-0.4, -0.2) is 42.1 Å². The highest BCUT2D eigenvalue weighted by Crippen LogP contribution is 2.39. The summed E-state index contributed by atoms with van der Waals surface area (Å²) in [6, 6.07) is 9.93. The van der Waals surface area contributed by atoms with Gasteiger partial charge in [-0.1, -0.05) is 18.2 Å². The number of cyclic esters (lactones) is 1. The van der Waals surface area contributed by atoms with Gasteiger partial charge in [0.05, 0.1) is 17.9 Å². The van der Waals surface area contributed by atoms with Crippen LogP contribution < -0.4 is 10.1 Å². The molecule has 31 heavy (non-hydrogen) atoms. The van der Waals surface area contributed by atoms with Crippen LogP contribution in [0.5, 0.6) is 5.88 Å². The molecule has 1 fully saturated rings. The third-order valence-corrected chi connectivity index (χ3v) is 6.03. The Labute approximate surface area is 181 Å². The Bertz CT molecular complexity index is 1000. The molecule has 0 saturated carbocycles. The summed E-state index contributed by atoms with van der Waals surface area (Å²) in [5.41, 5.74) is 4.95. The highest BCUT2D eigenvalue weighted by Gasteiger charge is 2.34. The average molecular weight is 421 g/mol. The van der Waals surface area contributed by atoms with Gasteiger partial charge in [-0.2, -0.15) is 0 Å². The van der Waals surface area contributed by atoms with E-state index < -0.39 is 6.09 Å². The zero-order valence-corrected chi connectivity index (χ0v) is 17.7. The van der Waals surface area contributed by atoms with Gasteiger partial charge < -0.3 is 19.5 Å². The molecule has 3 aliphatic rings. The van der Waals surface area contributed by atoms with Crippen LogP contribution in [0.25, 0.3) is 0 Å². The minimum atomic E-state index is -0.429. The van der Waals surface area contributed by atoms with Crippen molar-refractivity contribution in [1.82, 2.24) is 10.3 Å². The van der Waals surface area contributed by atoms with Gasteiger partial charge in [-0.05, 0) is 37.8 Å². The number of nitrogens with one attached hydrogen (secondary N) is 1. The third-order valence-electron chi connectivity index (χ3n) is 6.03. The van der Waals surface area contributed by atoms with Crippen molar-refractivity contribution in [2.45, 2.75) is 57.5 Å². The maximum Gasteiger partial charge on any atom is 0.407 e. The molecule has 1 N–H and O–H groups in total. The van der Waals surface area contributed by atoms with Crippen molar-refractivity contribution in [1.29, 1.82) is 0 Å². The van der Waals surface area contributed by atoms with E-state index in [-0.39, 0.29) is 24.9 Å². The number of alkyl carbamates (subject to hydrolysis) is 1. The van der Waals surface area contributed by atoms with Gasteiger partial charge in [0.15, 0.2) is 0 Å². The molecule has 162 valence electrons. The standard InChI is InChI=1S/C24H27N3O4/c1-15-8-9-25-24(28)30-14-16-5-4-6-17(11-16)22-18-12-21(31-15)26-13-19(18)23(27-22)20-7-2-3-10-29-20/h4-6,11-13,15,20,23H,2-3,7-10,14H2,1H3,(H,25,28)/t15-,20?,23?/m1/s1. The van der Waals surface area contributed by atoms with Gasteiger partial charge in [-0.25, -0.2) is 9.78 Å². The first kappa shape index (κ1) is 20.0. The predicted molar refractivity (Wildman–Crippen MR) is 116 cm³/mol. The first-order valence-electron chi connectivity index (χ1n) is 11.0. The molecule has 1 saturated heterocycles. The fraction of sp³-hybridized carbons (Fsp3) is 0.458. The zero-order valence-electron chi connectivity index (χ0n) is 17.7. The number of aliphatic imine (C=N–C) groups is 1. The number of hydrogen-bond donors (Lipinski definition) is 1. The van der Waals surface area contributed by atoms with Gasteiger partial charge in [0.25, 0.3) is 0 Å². The fourth-order valence-corrected chi connectivity index (χ4v) is 4.41. The van der Waals surface area contributed by atoms with Gasteiger partial charge >= 0.3 is 6.09 Å². The molecular weight excluding hydrogens is 394 g/mol. The highest BCUT2D eigenvalue weighted by atomic mass is 16.5. The largest absolute Gasteiger partial charge is 0.475 e. The Morgan fingerprint density at radius 2 is 2.10 bits per heavy atom. The molecular formula is C24H27N3O4. The summed E-state index contributed by atoms with van der Waals surface area (Å²) in [6.07, 6.45) is 5.34. The van der Waals surface area contributed by atoms with E-state index >= 15 is 0 Å². The molecule has 2 aromatic rings. The number of benzene rings is 1. The summed E-state index contributed by atoms with van der Waals surface area (Å²) in [4.78, 5) is 21.7. The van der Waals surface area contributed by atoms with E-state index in [1.54, 1.807) is 0 Å². The average Bonchev–Trinajstić information content (AvgIpc) is 3.17. The van der Waals surface area contributed by atoms with Crippen LogP contribution in [0.3, 0.4) is 0 Å². The Hall–Kier alpha value is -2.93. The second-order valence-electron chi connectivity index (χ2n) is 8.36. The van der Waals surface area contributed by atoms with E-state index in [1.165, 1.54) is 0 Å². The number of carbonyl (C=O) groups is 1. The van der Waals surface area contributed by atoms with Crippen molar-refractivity contribution >= 4 is 11.8 Å². The number of pyridine rings is 1. The van der Waals surface area contributed by atoms with Gasteiger partial charge in [-0.3, -0.25) is 4.99 Å². The van der Waals surface area contributed by atoms with Crippen LogP contribution in [0.1, 0.15) is 60.9 Å². The van der Waals surface area contributed by atoms with Crippen LogP contribution in [-0.2, 0) is 16.1 Å². The summed E-state index contributed by atoms with van der Waals surface area (Å²) >= 11 is 0. The summed E-state index contributed by atoms with van der Waals surface area (Å²) in [6.45, 7) is 3.43. The summed E-state index contributed by atoms with van der Waals surface area (Å²) in [7, 11) is 0. The normalized spacial score (nSPS) is 25.9. The van der Waals surface area contributed by atoms with E-state index in [1.807, 2.05) is 43.5 Å². The Kier molecular flexibility index (Phi) is 5.59. The van der Waals surface area contributed by atoms with E-state index in [0.29, 0.717) is 18.8 Å². The van der Waals surface area contributed by atoms with Gasteiger partial charge in [0.1, 0.15) is 12.6 Å². The van der Waals surface area contributed by atoms with Crippen molar-refractivity contribution < 1.29 is 19.0 Å². The molecule has 0 radical (unpaired) electrons. The molecule has 1 amide bonds. The van der Waals surface area contributed by atoms with Crippen molar-refractivity contribution in [3.8, 4) is 5.88 Å². The molecule has 4 bridgehead atoms. The quantitative estimate of drug-likeness (QED) is 0.754. The minimum Gasteiger partial charge on any atom is -0.475 e. The van der Waals surface area contributed by atoms with Crippen LogP contribution in [0.4, 0.5) is 4.79 Å².